The van der Waals surface area contributed by atoms with Gasteiger partial charge in [-0.1, -0.05) is 11.6 Å². The third kappa shape index (κ3) is 2.59. The number of nitrogens with zero attached hydrogens (tertiary/aromatic N) is 1. The third-order valence-electron chi connectivity index (χ3n) is 4.05. The first-order valence-electron chi connectivity index (χ1n) is 7.41. The van der Waals surface area contributed by atoms with E-state index in [-0.39, 0.29) is 17.7 Å². The van der Waals surface area contributed by atoms with Crippen molar-refractivity contribution in [2.45, 2.75) is 0 Å². The molecule has 0 saturated heterocycles. The van der Waals surface area contributed by atoms with Crippen molar-refractivity contribution in [3.63, 3.8) is 0 Å². The number of amides is 3. The minimum absolute atomic E-state index is 0.276. The van der Waals surface area contributed by atoms with E-state index in [4.69, 9.17) is 11.6 Å². The van der Waals surface area contributed by atoms with Crippen LogP contribution >= 0.6 is 22.9 Å². The fraction of sp³-hybridized carbons (Fsp3) is 0.0556. The third-order valence-corrected chi connectivity index (χ3v) is 5.40. The maximum Gasteiger partial charge on any atom is 0.265 e. The molecule has 4 rings (SSSR count). The first-order chi connectivity index (χ1) is 11.9. The largest absolute Gasteiger partial charge is 0.321 e. The highest BCUT2D eigenvalue weighted by atomic mass is 35.5. The quantitative estimate of drug-likeness (QED) is 0.692. The lowest BCUT2D eigenvalue weighted by Gasteiger charge is -2.04. The maximum atomic E-state index is 12.5. The molecule has 5 nitrogen and oxygen atoms in total. The van der Waals surface area contributed by atoms with Gasteiger partial charge < -0.3 is 5.32 Å². The first kappa shape index (κ1) is 15.8. The second kappa shape index (κ2) is 5.68. The standard InChI is InChI=1S/C18H11ClN2O3S/c1-21-17(23)12-4-3-11(8-13(12)18(21)24)20-16(22)15-7-9-6-10(19)2-5-14(9)25-15/h2-8H,1H3,(H,20,22). The average molecular weight is 371 g/mol. The van der Waals surface area contributed by atoms with Crippen LogP contribution < -0.4 is 5.32 Å². The van der Waals surface area contributed by atoms with E-state index in [2.05, 4.69) is 5.32 Å². The fourth-order valence-electron chi connectivity index (χ4n) is 2.76. The Morgan fingerprint density at radius 3 is 2.60 bits per heavy atom. The maximum absolute atomic E-state index is 12.5. The second-order valence-electron chi connectivity index (χ2n) is 5.68. The van der Waals surface area contributed by atoms with Gasteiger partial charge in [0.2, 0.25) is 0 Å². The van der Waals surface area contributed by atoms with Gasteiger partial charge in [-0.15, -0.1) is 11.3 Å². The van der Waals surface area contributed by atoms with Crippen LogP contribution in [-0.4, -0.2) is 29.7 Å². The minimum atomic E-state index is -0.368. The van der Waals surface area contributed by atoms with E-state index in [1.54, 1.807) is 30.3 Å². The van der Waals surface area contributed by atoms with Crippen molar-refractivity contribution in [2.75, 3.05) is 12.4 Å². The average Bonchev–Trinajstić information content (AvgIpc) is 3.10. The lowest BCUT2D eigenvalue weighted by Crippen LogP contribution is -2.24. The van der Waals surface area contributed by atoms with Crippen molar-refractivity contribution >= 4 is 56.4 Å². The van der Waals surface area contributed by atoms with E-state index < -0.39 is 0 Å². The highest BCUT2D eigenvalue weighted by molar-refractivity contribution is 7.20. The van der Waals surface area contributed by atoms with E-state index in [0.29, 0.717) is 26.7 Å². The summed E-state index contributed by atoms with van der Waals surface area (Å²) in [6, 6.07) is 11.9. The summed E-state index contributed by atoms with van der Waals surface area (Å²) >= 11 is 7.33. The number of hydrogen-bond acceptors (Lipinski definition) is 4. The van der Waals surface area contributed by atoms with E-state index in [1.165, 1.54) is 24.5 Å². The molecule has 1 aliphatic rings. The lowest BCUT2D eigenvalue weighted by molar-refractivity contribution is 0.0692. The van der Waals surface area contributed by atoms with Crippen molar-refractivity contribution in [3.8, 4) is 0 Å². The molecule has 0 atom stereocenters. The molecule has 2 aromatic carbocycles. The van der Waals surface area contributed by atoms with E-state index in [9.17, 15) is 14.4 Å². The Bertz CT molecular complexity index is 1070. The molecular weight excluding hydrogens is 360 g/mol. The summed E-state index contributed by atoms with van der Waals surface area (Å²) in [6.07, 6.45) is 0. The molecule has 0 saturated carbocycles. The zero-order valence-corrected chi connectivity index (χ0v) is 14.6. The number of hydrogen-bond donors (Lipinski definition) is 1. The smallest absolute Gasteiger partial charge is 0.265 e. The summed E-state index contributed by atoms with van der Waals surface area (Å²) in [5.74, 6) is -0.978. The van der Waals surface area contributed by atoms with Gasteiger partial charge in [-0.2, -0.15) is 0 Å². The Labute approximate surface area is 151 Å². The monoisotopic (exact) mass is 370 g/mol. The Balaban J connectivity index is 1.63. The molecule has 2 heterocycles. The Morgan fingerprint density at radius 2 is 1.80 bits per heavy atom. The van der Waals surface area contributed by atoms with Crippen molar-refractivity contribution in [1.29, 1.82) is 0 Å². The molecule has 25 heavy (non-hydrogen) atoms. The molecule has 0 radical (unpaired) electrons. The highest BCUT2D eigenvalue weighted by Gasteiger charge is 2.32. The zero-order chi connectivity index (χ0) is 17.7. The number of carbonyl (C=O) groups is 3. The van der Waals surface area contributed by atoms with Gasteiger partial charge in [0.25, 0.3) is 17.7 Å². The van der Waals surface area contributed by atoms with Crippen LogP contribution in [0.15, 0.2) is 42.5 Å². The number of anilines is 1. The van der Waals surface area contributed by atoms with Gasteiger partial charge in [-0.25, -0.2) is 0 Å². The summed E-state index contributed by atoms with van der Waals surface area (Å²) in [5, 5.41) is 4.29. The number of benzene rings is 2. The van der Waals surface area contributed by atoms with Gasteiger partial charge in [0.05, 0.1) is 16.0 Å². The van der Waals surface area contributed by atoms with Crippen LogP contribution in [0.4, 0.5) is 5.69 Å². The van der Waals surface area contributed by atoms with Gasteiger partial charge in [-0.3, -0.25) is 19.3 Å². The Hall–Kier alpha value is -2.70. The normalized spacial score (nSPS) is 13.4. The summed E-state index contributed by atoms with van der Waals surface area (Å²) < 4.78 is 0.964. The predicted molar refractivity (Wildman–Crippen MR) is 97.7 cm³/mol. The first-order valence-corrected chi connectivity index (χ1v) is 8.60. The van der Waals surface area contributed by atoms with Gasteiger partial charge in [0.15, 0.2) is 0 Å². The molecule has 0 bridgehead atoms. The molecule has 0 fully saturated rings. The summed E-state index contributed by atoms with van der Waals surface area (Å²) in [5.41, 5.74) is 1.12. The van der Waals surface area contributed by atoms with Crippen LogP contribution in [0.2, 0.25) is 5.02 Å². The van der Waals surface area contributed by atoms with Crippen LogP contribution in [-0.2, 0) is 0 Å². The van der Waals surface area contributed by atoms with E-state index in [1.807, 2.05) is 6.07 Å². The van der Waals surface area contributed by atoms with Crippen molar-refractivity contribution in [2.24, 2.45) is 0 Å². The van der Waals surface area contributed by atoms with Crippen LogP contribution in [0, 0.1) is 0 Å². The van der Waals surface area contributed by atoms with E-state index in [0.717, 1.165) is 15.0 Å². The number of thiophene rings is 1. The number of halogens is 1. The van der Waals surface area contributed by atoms with Gasteiger partial charge in [0, 0.05) is 22.5 Å². The number of carbonyl (C=O) groups excluding carboxylic acids is 3. The number of imide groups is 1. The molecular formula is C18H11ClN2O3S. The Morgan fingerprint density at radius 1 is 1.04 bits per heavy atom. The number of fused-ring (bicyclic) bond motifs is 2. The minimum Gasteiger partial charge on any atom is -0.321 e. The lowest BCUT2D eigenvalue weighted by atomic mass is 10.1. The molecule has 1 aromatic heterocycles. The van der Waals surface area contributed by atoms with Gasteiger partial charge in [0.1, 0.15) is 0 Å². The zero-order valence-electron chi connectivity index (χ0n) is 13.0. The molecule has 0 unspecified atom stereocenters. The summed E-state index contributed by atoms with van der Waals surface area (Å²) in [6.45, 7) is 0. The molecule has 7 heteroatoms. The highest BCUT2D eigenvalue weighted by Crippen LogP contribution is 2.29. The van der Waals surface area contributed by atoms with Crippen LogP contribution in [0.3, 0.4) is 0 Å². The number of rotatable bonds is 2. The van der Waals surface area contributed by atoms with Crippen LogP contribution in [0.5, 0.6) is 0 Å². The SMILES string of the molecule is CN1C(=O)c2ccc(NC(=O)c3cc4cc(Cl)ccc4s3)cc2C1=O. The molecule has 1 N–H and O–H groups in total. The summed E-state index contributed by atoms with van der Waals surface area (Å²) in [4.78, 5) is 38.0. The van der Waals surface area contributed by atoms with E-state index >= 15 is 0 Å². The van der Waals surface area contributed by atoms with Gasteiger partial charge in [-0.05, 0) is 47.9 Å². The van der Waals surface area contributed by atoms with Gasteiger partial charge >= 0.3 is 0 Å². The fourth-order valence-corrected chi connectivity index (χ4v) is 3.88. The Kier molecular flexibility index (Phi) is 3.59. The summed E-state index contributed by atoms with van der Waals surface area (Å²) in [7, 11) is 1.44. The molecule has 3 amide bonds. The molecule has 0 aliphatic carbocycles. The number of nitrogens with one attached hydrogen (secondary N) is 1. The van der Waals surface area contributed by atoms with Crippen molar-refractivity contribution in [1.82, 2.24) is 4.90 Å². The molecule has 0 spiro atoms. The second-order valence-corrected chi connectivity index (χ2v) is 7.20. The predicted octanol–water partition coefficient (Wildman–Crippen LogP) is 4.03. The topological polar surface area (TPSA) is 66.5 Å². The molecule has 3 aromatic rings. The molecule has 124 valence electrons. The van der Waals surface area contributed by atoms with Crippen LogP contribution in [0.1, 0.15) is 30.4 Å². The molecule has 1 aliphatic heterocycles. The van der Waals surface area contributed by atoms with Crippen molar-refractivity contribution < 1.29 is 14.4 Å². The van der Waals surface area contributed by atoms with Crippen LogP contribution in [0.25, 0.3) is 10.1 Å². The van der Waals surface area contributed by atoms with Crippen molar-refractivity contribution in [3.05, 3.63) is 63.5 Å².